The largest absolute Gasteiger partial charge is 0.373 e. The minimum Gasteiger partial charge on any atom is -0.373 e. The second-order valence-corrected chi connectivity index (χ2v) is 2.95. The average molecular weight is 211 g/mol. The Hall–Kier alpha value is -2.45. The first-order valence-electron chi connectivity index (χ1n) is 4.72. The van der Waals surface area contributed by atoms with Crippen LogP contribution in [-0.4, -0.2) is 0 Å². The van der Waals surface area contributed by atoms with Crippen LogP contribution in [0.5, 0.6) is 0 Å². The molecule has 2 aromatic carbocycles. The predicted molar refractivity (Wildman–Crippen MR) is 66.2 cm³/mol. The molecule has 80 valence electrons. The molecule has 16 heavy (non-hydrogen) atoms. The van der Waals surface area contributed by atoms with Crippen molar-refractivity contribution in [1.29, 1.82) is 0 Å². The lowest BCUT2D eigenvalue weighted by Gasteiger charge is -2.04. The summed E-state index contributed by atoms with van der Waals surface area (Å²) in [5.41, 5.74) is 15.7. The number of hydrogen-bond donors (Lipinski definition) is 1. The van der Waals surface area contributed by atoms with E-state index in [-0.39, 0.29) is 0 Å². The molecule has 0 heterocycles. The molecule has 0 bridgehead atoms. The third-order valence-corrected chi connectivity index (χ3v) is 1.84. The highest BCUT2D eigenvalue weighted by molar-refractivity contribution is 5.58. The van der Waals surface area contributed by atoms with E-state index in [1.165, 1.54) is 4.91 Å². The summed E-state index contributed by atoms with van der Waals surface area (Å²) in [6.07, 6.45) is 0. The summed E-state index contributed by atoms with van der Waals surface area (Å²) in [7, 11) is 0. The van der Waals surface area contributed by atoms with Crippen LogP contribution < -0.4 is 5.32 Å². The third-order valence-electron chi connectivity index (χ3n) is 1.84. The van der Waals surface area contributed by atoms with E-state index in [1.54, 1.807) is 0 Å². The van der Waals surface area contributed by atoms with Gasteiger partial charge in [0.2, 0.25) is 0 Å². The fourth-order valence-corrected chi connectivity index (χ4v) is 1.21. The van der Waals surface area contributed by atoms with Gasteiger partial charge >= 0.3 is 0 Å². The summed E-state index contributed by atoms with van der Waals surface area (Å²) in [5, 5.41) is 3.30. The molecule has 0 aliphatic heterocycles. The molecular formula is C12H11N4-. The summed E-state index contributed by atoms with van der Waals surface area (Å²) >= 11 is 0. The number of nitrogens with one attached hydrogen (secondary N) is 1. The number of rotatable bonds is 2. The molecular weight excluding hydrogens is 200 g/mol. The zero-order valence-electron chi connectivity index (χ0n) is 8.62. The Kier molecular flexibility index (Phi) is 5.03. The van der Waals surface area contributed by atoms with E-state index >= 15 is 0 Å². The maximum absolute atomic E-state index is 6.75. The van der Waals surface area contributed by atoms with E-state index < -0.39 is 0 Å². The van der Waals surface area contributed by atoms with Crippen molar-refractivity contribution in [3.63, 3.8) is 0 Å². The number of hydrogen-bond acceptors (Lipinski definition) is 1. The van der Waals surface area contributed by atoms with Crippen LogP contribution in [0.2, 0.25) is 0 Å². The second kappa shape index (κ2) is 6.92. The van der Waals surface area contributed by atoms with E-state index in [4.69, 9.17) is 11.1 Å². The molecule has 2 aromatic rings. The number of benzene rings is 2. The minimum absolute atomic E-state index is 1.12. The SMILES string of the molecule is [N-]=[N+]=[N-].c1ccc(Nc2ccccc2)cc1. The summed E-state index contributed by atoms with van der Waals surface area (Å²) in [4.78, 5) is 1.50. The number of nitrogens with zero attached hydrogens (tertiary/aromatic N) is 3. The van der Waals surface area contributed by atoms with Crippen molar-refractivity contribution in [2.75, 3.05) is 5.32 Å². The fourth-order valence-electron chi connectivity index (χ4n) is 1.21. The summed E-state index contributed by atoms with van der Waals surface area (Å²) in [6, 6.07) is 20.3. The molecule has 1 N–H and O–H groups in total. The quantitative estimate of drug-likeness (QED) is 0.449. The van der Waals surface area contributed by atoms with Gasteiger partial charge in [0, 0.05) is 11.4 Å². The van der Waals surface area contributed by atoms with Gasteiger partial charge in [0.1, 0.15) is 0 Å². The first-order valence-corrected chi connectivity index (χ1v) is 4.72. The molecule has 0 spiro atoms. The molecule has 0 amide bonds. The lowest BCUT2D eigenvalue weighted by atomic mass is 10.3. The highest BCUT2D eigenvalue weighted by Crippen LogP contribution is 2.14. The zero-order chi connectivity index (χ0) is 11.6. The maximum atomic E-state index is 6.75. The molecule has 0 saturated carbocycles. The van der Waals surface area contributed by atoms with Gasteiger partial charge in [-0.25, -0.2) is 0 Å². The Bertz CT molecular complexity index is 396. The smallest absolute Gasteiger partial charge is 0.0384 e. The molecule has 0 unspecified atom stereocenters. The Morgan fingerprint density at radius 2 is 1.00 bits per heavy atom. The number of para-hydroxylation sites is 2. The standard InChI is InChI=1S/C12H11N.N3/c1-3-7-11(8-4-1)13-12-9-5-2-6-10-12;1-3-2/h1-10,13H;/q;-1. The van der Waals surface area contributed by atoms with Crippen LogP contribution in [-0.2, 0) is 0 Å². The molecule has 0 radical (unpaired) electrons. The van der Waals surface area contributed by atoms with Crippen molar-refractivity contribution in [3.8, 4) is 0 Å². The van der Waals surface area contributed by atoms with Crippen molar-refractivity contribution in [2.45, 2.75) is 0 Å². The Balaban J connectivity index is 0.000000386. The van der Waals surface area contributed by atoms with Crippen molar-refractivity contribution >= 4 is 11.4 Å². The number of anilines is 2. The van der Waals surface area contributed by atoms with Crippen molar-refractivity contribution in [3.05, 3.63) is 76.6 Å². The Morgan fingerprint density at radius 1 is 0.688 bits per heavy atom. The van der Waals surface area contributed by atoms with Gasteiger partial charge in [0.05, 0.1) is 0 Å². The highest BCUT2D eigenvalue weighted by atomic mass is 15.0. The minimum atomic E-state index is 1.12. The fraction of sp³-hybridized carbons (Fsp3) is 0. The van der Waals surface area contributed by atoms with Crippen LogP contribution in [0.1, 0.15) is 0 Å². The molecule has 0 aromatic heterocycles. The van der Waals surface area contributed by atoms with Crippen molar-refractivity contribution in [2.24, 2.45) is 0 Å². The lowest BCUT2D eigenvalue weighted by Crippen LogP contribution is -1.87. The van der Waals surface area contributed by atoms with Crippen LogP contribution in [0.4, 0.5) is 11.4 Å². The van der Waals surface area contributed by atoms with Crippen LogP contribution in [0.25, 0.3) is 16.0 Å². The summed E-state index contributed by atoms with van der Waals surface area (Å²) < 4.78 is 0. The predicted octanol–water partition coefficient (Wildman–Crippen LogP) is 4.30. The van der Waals surface area contributed by atoms with E-state index in [2.05, 4.69) is 5.32 Å². The van der Waals surface area contributed by atoms with Gasteiger partial charge < -0.3 is 16.4 Å². The van der Waals surface area contributed by atoms with Gasteiger partial charge in [-0.3, -0.25) is 4.91 Å². The average Bonchev–Trinajstić information content (AvgIpc) is 2.33. The van der Waals surface area contributed by atoms with Crippen LogP contribution >= 0.6 is 0 Å². The first kappa shape index (κ1) is 11.6. The van der Waals surface area contributed by atoms with Gasteiger partial charge in [-0.1, -0.05) is 36.4 Å². The van der Waals surface area contributed by atoms with Crippen LogP contribution in [0.3, 0.4) is 0 Å². The second-order valence-electron chi connectivity index (χ2n) is 2.95. The maximum Gasteiger partial charge on any atom is 0.0384 e. The van der Waals surface area contributed by atoms with Gasteiger partial charge in [-0.05, 0) is 24.3 Å². The molecule has 0 atom stereocenters. The van der Waals surface area contributed by atoms with Crippen molar-refractivity contribution in [1.82, 2.24) is 0 Å². The Morgan fingerprint density at radius 3 is 1.31 bits per heavy atom. The third kappa shape index (κ3) is 4.17. The molecule has 4 heteroatoms. The first-order chi connectivity index (χ1) is 7.86. The zero-order valence-corrected chi connectivity index (χ0v) is 8.62. The van der Waals surface area contributed by atoms with E-state index in [0.717, 1.165) is 11.4 Å². The van der Waals surface area contributed by atoms with E-state index in [9.17, 15) is 0 Å². The summed E-state index contributed by atoms with van der Waals surface area (Å²) in [5.74, 6) is 0. The molecule has 0 aliphatic rings. The van der Waals surface area contributed by atoms with Gasteiger partial charge in [0.25, 0.3) is 0 Å². The van der Waals surface area contributed by atoms with Crippen molar-refractivity contribution < 1.29 is 0 Å². The van der Waals surface area contributed by atoms with Gasteiger partial charge in [-0.2, -0.15) is 0 Å². The molecule has 2 rings (SSSR count). The van der Waals surface area contributed by atoms with Crippen LogP contribution in [0, 0.1) is 0 Å². The van der Waals surface area contributed by atoms with Crippen LogP contribution in [0.15, 0.2) is 60.7 Å². The molecule has 4 nitrogen and oxygen atoms in total. The van der Waals surface area contributed by atoms with E-state index in [1.807, 2.05) is 60.7 Å². The Labute approximate surface area is 94.0 Å². The van der Waals surface area contributed by atoms with Gasteiger partial charge in [-0.15, -0.1) is 0 Å². The lowest BCUT2D eigenvalue weighted by molar-refractivity contribution is 1.55. The van der Waals surface area contributed by atoms with E-state index in [0.29, 0.717) is 0 Å². The molecule has 0 fully saturated rings. The summed E-state index contributed by atoms with van der Waals surface area (Å²) in [6.45, 7) is 0. The molecule has 0 aliphatic carbocycles. The van der Waals surface area contributed by atoms with Gasteiger partial charge in [0.15, 0.2) is 0 Å². The normalized spacial score (nSPS) is 8.25. The highest BCUT2D eigenvalue weighted by Gasteiger charge is 1.89. The topological polar surface area (TPSA) is 70.7 Å². The monoisotopic (exact) mass is 211 g/mol. The molecule has 0 saturated heterocycles.